The molecule has 3 fully saturated rings. The van der Waals surface area contributed by atoms with Gasteiger partial charge in [-0.25, -0.2) is 0 Å². The van der Waals surface area contributed by atoms with Gasteiger partial charge in [0.05, 0.1) is 6.67 Å². The third-order valence-corrected chi connectivity index (χ3v) is 7.31. The summed E-state index contributed by atoms with van der Waals surface area (Å²) in [5.74, 6) is 5.33. The summed E-state index contributed by atoms with van der Waals surface area (Å²) >= 11 is 0. The second-order valence-corrected chi connectivity index (χ2v) is 9.81. The van der Waals surface area contributed by atoms with E-state index in [-0.39, 0.29) is 0 Å². The van der Waals surface area contributed by atoms with Crippen LogP contribution < -0.4 is 0 Å². The lowest BCUT2D eigenvalue weighted by atomic mass is 9.73. The van der Waals surface area contributed by atoms with Crippen LogP contribution in [0.4, 0.5) is 0 Å². The molecule has 4 unspecified atom stereocenters. The molecule has 3 rings (SSSR count). The SMILES string of the molecule is CC1CC(C)C(N2CCN(C3C(C)CC(C)CC3C)C2)C(C)C1. The molecule has 2 aliphatic carbocycles. The molecule has 23 heavy (non-hydrogen) atoms. The smallest absolute Gasteiger partial charge is 0.0513 e. The third-order valence-electron chi connectivity index (χ3n) is 7.31. The highest BCUT2D eigenvalue weighted by Crippen LogP contribution is 2.40. The van der Waals surface area contributed by atoms with Crippen molar-refractivity contribution in [2.75, 3.05) is 19.8 Å². The Bertz CT molecular complexity index is 335. The van der Waals surface area contributed by atoms with E-state index in [0.717, 1.165) is 47.6 Å². The average molecular weight is 321 g/mol. The molecule has 134 valence electrons. The zero-order chi connectivity index (χ0) is 16.7. The van der Waals surface area contributed by atoms with Gasteiger partial charge in [-0.3, -0.25) is 9.80 Å². The quantitative estimate of drug-likeness (QED) is 0.727. The van der Waals surface area contributed by atoms with Crippen LogP contribution in [0.2, 0.25) is 0 Å². The van der Waals surface area contributed by atoms with Crippen LogP contribution in [0.25, 0.3) is 0 Å². The van der Waals surface area contributed by atoms with Gasteiger partial charge < -0.3 is 0 Å². The van der Waals surface area contributed by atoms with Crippen molar-refractivity contribution in [3.63, 3.8) is 0 Å². The van der Waals surface area contributed by atoms with Crippen molar-refractivity contribution in [3.8, 4) is 0 Å². The van der Waals surface area contributed by atoms with Gasteiger partial charge in [-0.15, -0.1) is 0 Å². The van der Waals surface area contributed by atoms with E-state index in [1.807, 2.05) is 0 Å². The normalized spacial score (nSPS) is 50.3. The van der Waals surface area contributed by atoms with Gasteiger partial charge in [-0.2, -0.15) is 0 Å². The Morgan fingerprint density at radius 2 is 0.826 bits per heavy atom. The first-order valence-corrected chi connectivity index (χ1v) is 10.3. The van der Waals surface area contributed by atoms with Gasteiger partial charge in [0, 0.05) is 25.2 Å². The van der Waals surface area contributed by atoms with Crippen LogP contribution in [0, 0.1) is 35.5 Å². The monoisotopic (exact) mass is 320 g/mol. The second-order valence-electron chi connectivity index (χ2n) is 9.81. The molecule has 0 radical (unpaired) electrons. The predicted octanol–water partition coefficient (Wildman–Crippen LogP) is 4.70. The number of nitrogens with zero attached hydrogens (tertiary/aromatic N) is 2. The minimum absolute atomic E-state index is 0.823. The highest BCUT2D eigenvalue weighted by molar-refractivity contribution is 4.94. The van der Waals surface area contributed by atoms with E-state index in [1.54, 1.807) is 0 Å². The maximum atomic E-state index is 2.85. The molecule has 1 saturated heterocycles. The lowest BCUT2D eigenvalue weighted by molar-refractivity contribution is 0.0206. The van der Waals surface area contributed by atoms with E-state index in [9.17, 15) is 0 Å². The first-order chi connectivity index (χ1) is 10.9. The van der Waals surface area contributed by atoms with E-state index in [1.165, 1.54) is 45.4 Å². The summed E-state index contributed by atoms with van der Waals surface area (Å²) in [7, 11) is 0. The summed E-state index contributed by atoms with van der Waals surface area (Å²) in [6.45, 7) is 18.8. The van der Waals surface area contributed by atoms with Gasteiger partial charge in [0.25, 0.3) is 0 Å². The Morgan fingerprint density at radius 1 is 0.522 bits per heavy atom. The Balaban J connectivity index is 1.64. The highest BCUT2D eigenvalue weighted by atomic mass is 15.4. The van der Waals surface area contributed by atoms with E-state index in [2.05, 4.69) is 51.3 Å². The molecule has 2 heteroatoms. The zero-order valence-corrected chi connectivity index (χ0v) is 16.5. The third kappa shape index (κ3) is 3.63. The van der Waals surface area contributed by atoms with Crippen molar-refractivity contribution in [3.05, 3.63) is 0 Å². The summed E-state index contributed by atoms with van der Waals surface area (Å²) in [5.41, 5.74) is 0. The Hall–Kier alpha value is -0.0800. The lowest BCUT2D eigenvalue weighted by Gasteiger charge is -2.45. The maximum Gasteiger partial charge on any atom is 0.0513 e. The van der Waals surface area contributed by atoms with Gasteiger partial charge in [-0.05, 0) is 61.2 Å². The fourth-order valence-electron chi connectivity index (χ4n) is 6.97. The molecule has 4 atom stereocenters. The Morgan fingerprint density at radius 3 is 1.13 bits per heavy atom. The molecular formula is C21H40N2. The van der Waals surface area contributed by atoms with Crippen molar-refractivity contribution < 1.29 is 0 Å². The summed E-state index contributed by atoms with van der Waals surface area (Å²) in [5, 5.41) is 0. The molecule has 1 aliphatic heterocycles. The van der Waals surface area contributed by atoms with Gasteiger partial charge >= 0.3 is 0 Å². The standard InChI is InChI=1S/C21H40N2/c1-14-9-16(3)20(17(4)10-14)22-7-8-23(13-22)21-18(5)11-15(2)12-19(21)6/h14-21H,7-13H2,1-6H3. The maximum absolute atomic E-state index is 2.85. The van der Waals surface area contributed by atoms with E-state index in [0.29, 0.717) is 0 Å². The van der Waals surface area contributed by atoms with Gasteiger partial charge in [-0.1, -0.05) is 41.5 Å². The van der Waals surface area contributed by atoms with Crippen LogP contribution in [-0.2, 0) is 0 Å². The molecule has 0 amide bonds. The van der Waals surface area contributed by atoms with Gasteiger partial charge in [0.15, 0.2) is 0 Å². The van der Waals surface area contributed by atoms with E-state index in [4.69, 9.17) is 0 Å². The van der Waals surface area contributed by atoms with Crippen molar-refractivity contribution in [1.29, 1.82) is 0 Å². The molecule has 0 aromatic heterocycles. The molecular weight excluding hydrogens is 280 g/mol. The number of rotatable bonds is 2. The minimum atomic E-state index is 0.823. The molecule has 0 spiro atoms. The van der Waals surface area contributed by atoms with Crippen LogP contribution in [0.1, 0.15) is 67.2 Å². The number of hydrogen-bond acceptors (Lipinski definition) is 2. The van der Waals surface area contributed by atoms with Crippen LogP contribution >= 0.6 is 0 Å². The van der Waals surface area contributed by atoms with Crippen molar-refractivity contribution in [2.45, 2.75) is 79.3 Å². The molecule has 3 aliphatic rings. The second kappa shape index (κ2) is 7.04. The van der Waals surface area contributed by atoms with Crippen LogP contribution in [0.5, 0.6) is 0 Å². The van der Waals surface area contributed by atoms with Crippen LogP contribution in [0.3, 0.4) is 0 Å². The van der Waals surface area contributed by atoms with Gasteiger partial charge in [0.1, 0.15) is 0 Å². The summed E-state index contributed by atoms with van der Waals surface area (Å²) in [4.78, 5) is 5.69. The first-order valence-electron chi connectivity index (χ1n) is 10.3. The fraction of sp³-hybridized carbons (Fsp3) is 1.00. The Kier molecular flexibility index (Phi) is 5.43. The topological polar surface area (TPSA) is 6.48 Å². The Labute approximate surface area is 145 Å². The fourth-order valence-corrected chi connectivity index (χ4v) is 6.97. The molecule has 0 bridgehead atoms. The summed E-state index contributed by atoms with van der Waals surface area (Å²) < 4.78 is 0. The van der Waals surface area contributed by atoms with E-state index < -0.39 is 0 Å². The number of hydrogen-bond donors (Lipinski definition) is 0. The molecule has 0 N–H and O–H groups in total. The lowest BCUT2D eigenvalue weighted by Crippen LogP contribution is -2.50. The molecule has 0 aromatic rings. The first kappa shape index (κ1) is 17.7. The average Bonchev–Trinajstić information content (AvgIpc) is 2.85. The predicted molar refractivity (Wildman–Crippen MR) is 99.3 cm³/mol. The van der Waals surface area contributed by atoms with Crippen molar-refractivity contribution in [2.24, 2.45) is 35.5 Å². The van der Waals surface area contributed by atoms with E-state index >= 15 is 0 Å². The largest absolute Gasteiger partial charge is 0.286 e. The summed E-state index contributed by atoms with van der Waals surface area (Å²) in [6, 6.07) is 1.65. The van der Waals surface area contributed by atoms with Gasteiger partial charge in [0.2, 0.25) is 0 Å². The van der Waals surface area contributed by atoms with Crippen LogP contribution in [-0.4, -0.2) is 41.6 Å². The van der Waals surface area contributed by atoms with Crippen molar-refractivity contribution >= 4 is 0 Å². The van der Waals surface area contributed by atoms with Crippen LogP contribution in [0.15, 0.2) is 0 Å². The highest BCUT2D eigenvalue weighted by Gasteiger charge is 2.42. The molecule has 1 heterocycles. The molecule has 2 nitrogen and oxygen atoms in total. The summed E-state index contributed by atoms with van der Waals surface area (Å²) in [6.07, 6.45) is 5.72. The molecule has 0 aromatic carbocycles. The van der Waals surface area contributed by atoms with Crippen molar-refractivity contribution in [1.82, 2.24) is 9.80 Å². The molecule has 2 saturated carbocycles. The zero-order valence-electron chi connectivity index (χ0n) is 16.5. The minimum Gasteiger partial charge on any atom is -0.286 e.